The number of hydrogen-bond acceptors (Lipinski definition) is 6. The number of benzene rings is 2. The minimum atomic E-state index is -0.431. The average Bonchev–Trinajstić information content (AvgIpc) is 3.24. The number of carbonyl (C=O) groups is 3. The largest absolute Gasteiger partial charge is 0.508 e. The molecule has 0 aliphatic carbocycles. The summed E-state index contributed by atoms with van der Waals surface area (Å²) >= 11 is 0. The van der Waals surface area contributed by atoms with Crippen LogP contribution in [0.3, 0.4) is 0 Å². The molecule has 1 unspecified atom stereocenters. The minimum Gasteiger partial charge on any atom is -0.508 e. The zero-order valence-corrected chi connectivity index (χ0v) is 20.0. The summed E-state index contributed by atoms with van der Waals surface area (Å²) in [7, 11) is 1.95. The molecule has 0 saturated heterocycles. The van der Waals surface area contributed by atoms with Crippen molar-refractivity contribution in [3.8, 4) is 5.75 Å². The quantitative estimate of drug-likeness (QED) is 0.195. The number of nitrogens with zero attached hydrogens (tertiary/aromatic N) is 2. The number of rotatable bonds is 7. The van der Waals surface area contributed by atoms with Crippen LogP contribution < -0.4 is 15.7 Å². The van der Waals surface area contributed by atoms with Crippen LogP contribution in [0.25, 0.3) is 10.9 Å². The molecule has 0 fully saturated rings. The van der Waals surface area contributed by atoms with Gasteiger partial charge in [-0.05, 0) is 61.2 Å². The van der Waals surface area contributed by atoms with Gasteiger partial charge in [0.05, 0.1) is 16.9 Å². The minimum absolute atomic E-state index is 0.0847. The highest BCUT2D eigenvalue weighted by atomic mass is 16.5. The lowest BCUT2D eigenvalue weighted by molar-refractivity contribution is -0.129. The summed E-state index contributed by atoms with van der Waals surface area (Å²) in [6.07, 6.45) is 2.83. The lowest BCUT2D eigenvalue weighted by atomic mass is 9.95. The third-order valence-electron chi connectivity index (χ3n) is 7.03. The van der Waals surface area contributed by atoms with Crippen molar-refractivity contribution < 1.29 is 24.7 Å². The smallest absolute Gasteiger partial charge is 0.257 e. The van der Waals surface area contributed by atoms with Gasteiger partial charge in [0.15, 0.2) is 0 Å². The molecule has 0 spiro atoms. The molecule has 5 rings (SSSR count). The third kappa shape index (κ3) is 4.24. The Kier molecular flexibility index (Phi) is 6.27. The second-order valence-electron chi connectivity index (χ2n) is 9.36. The third-order valence-corrected chi connectivity index (χ3v) is 7.03. The standard InChI is InChI=1S/C26H29N5O5/c1-30-21-10-7-15(27-22(33)5-3-2-4-6-23(34)29-36)13-19(21)26(35)31-12-11-17-18-14-16(32)8-9-20(18)28-24(17)25(30)31/h7-10,13-14,25,28,32,36H,2-6,11-12H2,1H3,(H,27,33)(H,29,34). The predicted octanol–water partition coefficient (Wildman–Crippen LogP) is 3.41. The first-order chi connectivity index (χ1) is 17.4. The van der Waals surface area contributed by atoms with Crippen molar-refractivity contribution in [1.29, 1.82) is 0 Å². The Balaban J connectivity index is 1.31. The number of anilines is 2. The van der Waals surface area contributed by atoms with E-state index in [1.807, 2.05) is 24.1 Å². The number of phenolic OH excluding ortho intramolecular Hbond substituents is 1. The van der Waals surface area contributed by atoms with Crippen LogP contribution in [0.4, 0.5) is 11.4 Å². The lowest BCUT2D eigenvalue weighted by Gasteiger charge is -2.46. The van der Waals surface area contributed by atoms with E-state index in [1.54, 1.807) is 29.7 Å². The average molecular weight is 492 g/mol. The molecule has 10 nitrogen and oxygen atoms in total. The van der Waals surface area contributed by atoms with Crippen molar-refractivity contribution in [3.05, 3.63) is 53.2 Å². The summed E-state index contributed by atoms with van der Waals surface area (Å²) in [5, 5.41) is 22.3. The number of fused-ring (bicyclic) bond motifs is 6. The maximum atomic E-state index is 13.5. The molecule has 2 aliphatic heterocycles. The molecule has 36 heavy (non-hydrogen) atoms. The number of phenols is 1. The monoisotopic (exact) mass is 491 g/mol. The van der Waals surface area contributed by atoms with Gasteiger partial charge < -0.3 is 25.2 Å². The fourth-order valence-corrected chi connectivity index (χ4v) is 5.28. The van der Waals surface area contributed by atoms with E-state index >= 15 is 0 Å². The van der Waals surface area contributed by atoms with Crippen LogP contribution in [0.1, 0.15) is 59.9 Å². The summed E-state index contributed by atoms with van der Waals surface area (Å²) in [6.45, 7) is 0.549. The molecular weight excluding hydrogens is 462 g/mol. The Labute approximate surface area is 207 Å². The summed E-state index contributed by atoms with van der Waals surface area (Å²) in [4.78, 5) is 44.3. The lowest BCUT2D eigenvalue weighted by Crippen LogP contribution is -2.51. The first-order valence-electron chi connectivity index (χ1n) is 12.1. The number of amides is 3. The van der Waals surface area contributed by atoms with Crippen LogP contribution in [0, 0.1) is 0 Å². The van der Waals surface area contributed by atoms with Crippen LogP contribution in [0.2, 0.25) is 0 Å². The summed E-state index contributed by atoms with van der Waals surface area (Å²) < 4.78 is 0. The van der Waals surface area contributed by atoms with Gasteiger partial charge >= 0.3 is 0 Å². The number of aromatic nitrogens is 1. The second kappa shape index (κ2) is 9.54. The van der Waals surface area contributed by atoms with E-state index in [0.29, 0.717) is 49.9 Å². The Bertz CT molecular complexity index is 1350. The molecule has 1 atom stereocenters. The van der Waals surface area contributed by atoms with E-state index in [1.165, 1.54) is 0 Å². The first kappa shape index (κ1) is 23.7. The molecule has 0 saturated carbocycles. The number of unbranched alkanes of at least 4 members (excludes halogenated alkanes) is 2. The SMILES string of the molecule is CN1c2ccc(NC(=O)CCCCCC(=O)NO)cc2C(=O)N2CCc3c([nH]c4ccc(O)cc34)C21. The van der Waals surface area contributed by atoms with E-state index in [0.717, 1.165) is 27.8 Å². The van der Waals surface area contributed by atoms with Crippen molar-refractivity contribution >= 4 is 40.0 Å². The summed E-state index contributed by atoms with van der Waals surface area (Å²) in [6, 6.07) is 10.7. The van der Waals surface area contributed by atoms with Gasteiger partial charge in [0.25, 0.3) is 5.91 Å². The molecule has 10 heteroatoms. The fraction of sp³-hybridized carbons (Fsp3) is 0.346. The van der Waals surface area contributed by atoms with Crippen molar-refractivity contribution in [2.24, 2.45) is 0 Å². The van der Waals surface area contributed by atoms with Gasteiger partial charge in [-0.2, -0.15) is 0 Å². The summed E-state index contributed by atoms with van der Waals surface area (Å²) in [5.74, 6) is -0.452. The maximum absolute atomic E-state index is 13.5. The van der Waals surface area contributed by atoms with Gasteiger partial charge in [0.1, 0.15) is 11.9 Å². The molecule has 5 N–H and O–H groups in total. The molecule has 0 radical (unpaired) electrons. The van der Waals surface area contributed by atoms with Crippen molar-refractivity contribution in [2.45, 2.75) is 44.7 Å². The highest BCUT2D eigenvalue weighted by Gasteiger charge is 2.41. The van der Waals surface area contributed by atoms with Crippen LogP contribution in [0.15, 0.2) is 36.4 Å². The first-order valence-corrected chi connectivity index (χ1v) is 12.1. The van der Waals surface area contributed by atoms with Gasteiger partial charge in [-0.3, -0.25) is 19.6 Å². The van der Waals surface area contributed by atoms with E-state index in [9.17, 15) is 19.5 Å². The van der Waals surface area contributed by atoms with Crippen molar-refractivity contribution in [2.75, 3.05) is 23.8 Å². The maximum Gasteiger partial charge on any atom is 0.257 e. The Morgan fingerprint density at radius 3 is 2.64 bits per heavy atom. The predicted molar refractivity (Wildman–Crippen MR) is 134 cm³/mol. The zero-order chi connectivity index (χ0) is 25.4. The molecule has 2 aromatic carbocycles. The van der Waals surface area contributed by atoms with Gasteiger partial charge in [-0.25, -0.2) is 5.48 Å². The number of carbonyl (C=O) groups excluding carboxylic acids is 3. The normalized spacial score (nSPS) is 16.4. The number of nitrogens with one attached hydrogen (secondary N) is 3. The molecule has 1 aromatic heterocycles. The van der Waals surface area contributed by atoms with Crippen molar-refractivity contribution in [3.63, 3.8) is 0 Å². The van der Waals surface area contributed by atoms with Gasteiger partial charge in [-0.1, -0.05) is 6.42 Å². The van der Waals surface area contributed by atoms with E-state index < -0.39 is 5.91 Å². The van der Waals surface area contributed by atoms with Gasteiger partial charge in [0, 0.05) is 43.0 Å². The topological polar surface area (TPSA) is 138 Å². The number of hydroxylamine groups is 1. The van der Waals surface area contributed by atoms with Crippen LogP contribution in [-0.2, 0) is 16.0 Å². The number of H-pyrrole nitrogens is 1. The molecule has 3 amide bonds. The fourth-order valence-electron chi connectivity index (χ4n) is 5.28. The molecule has 3 heterocycles. The second-order valence-corrected chi connectivity index (χ2v) is 9.36. The van der Waals surface area contributed by atoms with Gasteiger partial charge in [0.2, 0.25) is 11.8 Å². The molecule has 0 bridgehead atoms. The highest BCUT2D eigenvalue weighted by molar-refractivity contribution is 6.04. The Morgan fingerprint density at radius 1 is 1.08 bits per heavy atom. The molecule has 188 valence electrons. The number of aromatic amines is 1. The van der Waals surface area contributed by atoms with Gasteiger partial charge in [-0.15, -0.1) is 0 Å². The molecular formula is C26H29N5O5. The Morgan fingerprint density at radius 2 is 1.86 bits per heavy atom. The zero-order valence-electron chi connectivity index (χ0n) is 20.0. The number of hydrogen-bond donors (Lipinski definition) is 5. The summed E-state index contributed by atoms with van der Waals surface area (Å²) in [5.41, 5.74) is 6.49. The van der Waals surface area contributed by atoms with E-state index in [-0.39, 0.29) is 30.2 Å². The number of aromatic hydroxyl groups is 1. The van der Waals surface area contributed by atoms with Crippen LogP contribution in [-0.4, -0.2) is 51.5 Å². The van der Waals surface area contributed by atoms with E-state index in [2.05, 4.69) is 15.2 Å². The van der Waals surface area contributed by atoms with Crippen LogP contribution >= 0.6 is 0 Å². The molecule has 3 aromatic rings. The molecule has 2 aliphatic rings. The Hall–Kier alpha value is -4.05. The van der Waals surface area contributed by atoms with Crippen LogP contribution in [0.5, 0.6) is 5.75 Å². The van der Waals surface area contributed by atoms with E-state index in [4.69, 9.17) is 5.21 Å². The highest BCUT2D eigenvalue weighted by Crippen LogP contribution is 2.43. The van der Waals surface area contributed by atoms with Crippen molar-refractivity contribution in [1.82, 2.24) is 15.4 Å².